The van der Waals surface area contributed by atoms with E-state index in [-0.39, 0.29) is 11.7 Å². The van der Waals surface area contributed by atoms with Gasteiger partial charge in [0.25, 0.3) is 0 Å². The average Bonchev–Trinajstić information content (AvgIpc) is 3.05. The van der Waals surface area contributed by atoms with Crippen molar-refractivity contribution in [2.45, 2.75) is 25.5 Å². The van der Waals surface area contributed by atoms with E-state index in [2.05, 4.69) is 10.3 Å². The Morgan fingerprint density at radius 1 is 1.21 bits per heavy atom. The third kappa shape index (κ3) is 4.75. The highest BCUT2D eigenvalue weighted by atomic mass is 32.2. The summed E-state index contributed by atoms with van der Waals surface area (Å²) in [7, 11) is -3.65. The number of carbonyl (C=O) groups is 1. The lowest BCUT2D eigenvalue weighted by molar-refractivity contribution is -0.113. The second-order valence-electron chi connectivity index (χ2n) is 6.78. The van der Waals surface area contributed by atoms with Crippen molar-refractivity contribution in [2.24, 2.45) is 0 Å². The molecule has 0 spiro atoms. The number of amides is 1. The number of aromatic nitrogens is 1. The highest BCUT2D eigenvalue weighted by Gasteiger charge is 2.18. The molecule has 0 aliphatic heterocycles. The molecule has 1 heterocycles. The van der Waals surface area contributed by atoms with Crippen LogP contribution in [0.1, 0.15) is 36.8 Å². The Hall–Kier alpha value is -3.18. The second kappa shape index (κ2) is 7.82. The predicted octanol–water partition coefficient (Wildman–Crippen LogP) is 3.38. The van der Waals surface area contributed by atoms with Crippen LogP contribution in [-0.2, 0) is 20.4 Å². The molecule has 1 N–H and O–H groups in total. The van der Waals surface area contributed by atoms with E-state index in [1.54, 1.807) is 42.5 Å². The standard InChI is InChI=1S/C20H19N3O4S/c1-13(2)20-23-17-9-16(7-8-18(17)27-20)22-19(24)12-28(25,26)11-15-5-3-14(10-21)4-6-15/h3-9,13H,11-12H2,1-2H3,(H,22,24). The number of benzene rings is 2. The van der Waals surface area contributed by atoms with Gasteiger partial charge in [-0.15, -0.1) is 0 Å². The molecule has 1 aromatic heterocycles. The van der Waals surface area contributed by atoms with Crippen molar-refractivity contribution in [3.05, 3.63) is 59.5 Å². The summed E-state index contributed by atoms with van der Waals surface area (Å²) in [6, 6.07) is 13.2. The third-order valence-electron chi connectivity index (χ3n) is 4.00. The third-order valence-corrected chi connectivity index (χ3v) is 5.48. The fraction of sp³-hybridized carbons (Fsp3) is 0.250. The summed E-state index contributed by atoms with van der Waals surface area (Å²) >= 11 is 0. The van der Waals surface area contributed by atoms with E-state index in [9.17, 15) is 13.2 Å². The maximum atomic E-state index is 12.3. The summed E-state index contributed by atoms with van der Waals surface area (Å²) in [5, 5.41) is 11.4. The first-order valence-electron chi connectivity index (χ1n) is 8.65. The highest BCUT2D eigenvalue weighted by Crippen LogP contribution is 2.23. The summed E-state index contributed by atoms with van der Waals surface area (Å²) in [5.41, 5.74) is 2.63. The second-order valence-corrected chi connectivity index (χ2v) is 8.84. The molecule has 0 radical (unpaired) electrons. The number of fused-ring (bicyclic) bond motifs is 1. The van der Waals surface area contributed by atoms with Crippen LogP contribution < -0.4 is 5.32 Å². The molecular weight excluding hydrogens is 378 g/mol. The lowest BCUT2D eigenvalue weighted by atomic mass is 10.2. The molecular formula is C20H19N3O4S. The summed E-state index contributed by atoms with van der Waals surface area (Å²) in [5.74, 6) is -0.797. The normalized spacial score (nSPS) is 11.5. The van der Waals surface area contributed by atoms with E-state index in [1.165, 1.54) is 0 Å². The lowest BCUT2D eigenvalue weighted by Crippen LogP contribution is -2.23. The van der Waals surface area contributed by atoms with Gasteiger partial charge in [-0.3, -0.25) is 4.79 Å². The van der Waals surface area contributed by atoms with Gasteiger partial charge in [-0.2, -0.15) is 5.26 Å². The number of sulfone groups is 1. The van der Waals surface area contributed by atoms with Gasteiger partial charge in [-0.1, -0.05) is 26.0 Å². The number of nitrogens with one attached hydrogen (secondary N) is 1. The Balaban J connectivity index is 1.66. The fourth-order valence-electron chi connectivity index (χ4n) is 2.65. The molecule has 8 heteroatoms. The minimum atomic E-state index is -3.65. The first kappa shape index (κ1) is 19.6. The van der Waals surface area contributed by atoms with Crippen molar-refractivity contribution >= 4 is 32.5 Å². The van der Waals surface area contributed by atoms with Crippen LogP contribution in [0.3, 0.4) is 0 Å². The topological polar surface area (TPSA) is 113 Å². The van der Waals surface area contributed by atoms with Gasteiger partial charge < -0.3 is 9.73 Å². The van der Waals surface area contributed by atoms with E-state index in [0.29, 0.717) is 33.8 Å². The molecule has 0 unspecified atom stereocenters. The monoisotopic (exact) mass is 397 g/mol. The first-order valence-corrected chi connectivity index (χ1v) is 10.5. The maximum Gasteiger partial charge on any atom is 0.239 e. The molecule has 0 fully saturated rings. The molecule has 0 saturated heterocycles. The number of anilines is 1. The number of nitriles is 1. The Morgan fingerprint density at radius 2 is 1.93 bits per heavy atom. The van der Waals surface area contributed by atoms with Gasteiger partial charge in [-0.05, 0) is 35.9 Å². The minimum Gasteiger partial charge on any atom is -0.440 e. The number of hydrogen-bond acceptors (Lipinski definition) is 6. The van der Waals surface area contributed by atoms with Crippen LogP contribution in [0.2, 0.25) is 0 Å². The van der Waals surface area contributed by atoms with Crippen molar-refractivity contribution < 1.29 is 17.6 Å². The summed E-state index contributed by atoms with van der Waals surface area (Å²) in [6.45, 7) is 3.93. The van der Waals surface area contributed by atoms with Crippen LogP contribution in [0, 0.1) is 11.3 Å². The predicted molar refractivity (Wildman–Crippen MR) is 105 cm³/mol. The lowest BCUT2D eigenvalue weighted by Gasteiger charge is -2.07. The fourth-order valence-corrected chi connectivity index (χ4v) is 3.92. The van der Waals surface area contributed by atoms with Crippen molar-refractivity contribution in [1.29, 1.82) is 5.26 Å². The summed E-state index contributed by atoms with van der Waals surface area (Å²) in [6.07, 6.45) is 0. The maximum absolute atomic E-state index is 12.3. The van der Waals surface area contributed by atoms with Gasteiger partial charge in [0.15, 0.2) is 21.3 Å². The zero-order valence-corrected chi connectivity index (χ0v) is 16.3. The van der Waals surface area contributed by atoms with E-state index in [4.69, 9.17) is 9.68 Å². The van der Waals surface area contributed by atoms with Crippen LogP contribution >= 0.6 is 0 Å². The van der Waals surface area contributed by atoms with Crippen molar-refractivity contribution in [1.82, 2.24) is 4.98 Å². The van der Waals surface area contributed by atoms with Gasteiger partial charge in [0.05, 0.1) is 17.4 Å². The quantitative estimate of drug-likeness (QED) is 0.682. The molecule has 2 aromatic carbocycles. The molecule has 1 amide bonds. The zero-order valence-electron chi connectivity index (χ0n) is 15.5. The van der Waals surface area contributed by atoms with Crippen molar-refractivity contribution in [3.63, 3.8) is 0 Å². The molecule has 0 aliphatic rings. The molecule has 0 atom stereocenters. The van der Waals surface area contributed by atoms with Crippen LogP contribution in [0.15, 0.2) is 46.9 Å². The summed E-state index contributed by atoms with van der Waals surface area (Å²) < 4.78 is 30.2. The van der Waals surface area contributed by atoms with Crippen LogP contribution in [0.4, 0.5) is 5.69 Å². The van der Waals surface area contributed by atoms with Gasteiger partial charge in [0.2, 0.25) is 5.91 Å². The summed E-state index contributed by atoms with van der Waals surface area (Å²) in [4.78, 5) is 16.6. The van der Waals surface area contributed by atoms with Gasteiger partial charge in [0.1, 0.15) is 11.3 Å². The zero-order chi connectivity index (χ0) is 20.3. The molecule has 7 nitrogen and oxygen atoms in total. The molecule has 0 aliphatic carbocycles. The van der Waals surface area contributed by atoms with Crippen LogP contribution in [-0.4, -0.2) is 25.1 Å². The van der Waals surface area contributed by atoms with E-state index >= 15 is 0 Å². The van der Waals surface area contributed by atoms with Crippen molar-refractivity contribution in [2.75, 3.05) is 11.1 Å². The SMILES string of the molecule is CC(C)c1nc2cc(NC(=O)CS(=O)(=O)Cc3ccc(C#N)cc3)ccc2o1. The molecule has 3 rings (SSSR count). The molecule has 0 bridgehead atoms. The highest BCUT2D eigenvalue weighted by molar-refractivity contribution is 7.91. The molecule has 28 heavy (non-hydrogen) atoms. The number of carbonyl (C=O) groups excluding carboxylic acids is 1. The van der Waals surface area contributed by atoms with E-state index in [0.717, 1.165) is 0 Å². The Kier molecular flexibility index (Phi) is 5.47. The first-order chi connectivity index (χ1) is 13.3. The minimum absolute atomic E-state index is 0.137. The van der Waals surface area contributed by atoms with Gasteiger partial charge in [-0.25, -0.2) is 13.4 Å². The molecule has 0 saturated carbocycles. The average molecular weight is 397 g/mol. The number of nitrogens with zero attached hydrogens (tertiary/aromatic N) is 2. The Morgan fingerprint density at radius 3 is 2.57 bits per heavy atom. The number of oxazole rings is 1. The van der Waals surface area contributed by atoms with E-state index in [1.807, 2.05) is 19.9 Å². The van der Waals surface area contributed by atoms with Gasteiger partial charge >= 0.3 is 0 Å². The van der Waals surface area contributed by atoms with Gasteiger partial charge in [0, 0.05) is 11.6 Å². The number of hydrogen-bond donors (Lipinski definition) is 1. The number of rotatable bonds is 6. The van der Waals surface area contributed by atoms with E-state index < -0.39 is 21.5 Å². The Bertz CT molecular complexity index is 1160. The van der Waals surface area contributed by atoms with Crippen molar-refractivity contribution in [3.8, 4) is 6.07 Å². The van der Waals surface area contributed by atoms with Crippen LogP contribution in [0.25, 0.3) is 11.1 Å². The molecule has 144 valence electrons. The smallest absolute Gasteiger partial charge is 0.239 e. The largest absolute Gasteiger partial charge is 0.440 e. The van der Waals surface area contributed by atoms with Crippen LogP contribution in [0.5, 0.6) is 0 Å². The molecule has 3 aromatic rings. The Labute approximate surface area is 162 Å².